The number of carbonyl (C=O) groups excluding carboxylic acids is 1. The molecule has 2 fully saturated rings. The van der Waals surface area contributed by atoms with Gasteiger partial charge in [-0.15, -0.1) is 11.8 Å². The summed E-state index contributed by atoms with van der Waals surface area (Å²) in [6, 6.07) is 6.18. The number of pyridine rings is 2. The Bertz CT molecular complexity index is 1080. The number of thioether (sulfide) groups is 1. The highest BCUT2D eigenvalue weighted by Crippen LogP contribution is 2.56. The molecule has 1 amide bonds. The van der Waals surface area contributed by atoms with E-state index in [2.05, 4.69) is 37.1 Å². The lowest BCUT2D eigenvalue weighted by atomic mass is 9.74. The Morgan fingerprint density at radius 2 is 1.91 bits per heavy atom. The molecule has 6 heteroatoms. The monoisotopic (exact) mass is 494 g/mol. The molecular weight excluding hydrogens is 452 g/mol. The number of nitrogens with two attached hydrogens (primary N) is 1. The second-order valence-electron chi connectivity index (χ2n) is 12.2. The van der Waals surface area contributed by atoms with Crippen LogP contribution < -0.4 is 11.1 Å². The third-order valence-electron chi connectivity index (χ3n) is 8.34. The maximum atomic E-state index is 12.6. The number of fused-ring (bicyclic) bond motifs is 2. The molecule has 2 heterocycles. The van der Waals surface area contributed by atoms with Crippen LogP contribution in [0.4, 0.5) is 11.6 Å². The summed E-state index contributed by atoms with van der Waals surface area (Å²) in [7, 11) is 0. The van der Waals surface area contributed by atoms with Crippen LogP contribution in [-0.2, 0) is 4.79 Å². The summed E-state index contributed by atoms with van der Waals surface area (Å²) in [5.74, 6) is 5.85. The number of hydrogen-bond donors (Lipinski definition) is 2. The number of hydrogen-bond acceptors (Lipinski definition) is 5. The van der Waals surface area contributed by atoms with Crippen LogP contribution in [0.3, 0.4) is 0 Å². The molecule has 3 N–H and O–H groups in total. The van der Waals surface area contributed by atoms with E-state index in [4.69, 9.17) is 10.7 Å². The molecule has 2 saturated carbocycles. The van der Waals surface area contributed by atoms with Crippen molar-refractivity contribution in [3.8, 4) is 11.3 Å². The Labute approximate surface area is 215 Å². The highest BCUT2D eigenvalue weighted by molar-refractivity contribution is 7.98. The molecule has 0 radical (unpaired) electrons. The van der Waals surface area contributed by atoms with Gasteiger partial charge in [-0.2, -0.15) is 0 Å². The third kappa shape index (κ3) is 5.52. The largest absolute Gasteiger partial charge is 0.383 e. The summed E-state index contributed by atoms with van der Waals surface area (Å²) in [4.78, 5) is 22.9. The van der Waals surface area contributed by atoms with Crippen molar-refractivity contribution in [2.75, 3.05) is 17.3 Å². The van der Waals surface area contributed by atoms with E-state index in [1.165, 1.54) is 25.7 Å². The third-order valence-corrected chi connectivity index (χ3v) is 9.11. The molecule has 0 aromatic carbocycles. The van der Waals surface area contributed by atoms with Crippen LogP contribution in [-0.4, -0.2) is 22.1 Å². The molecule has 2 aromatic heterocycles. The van der Waals surface area contributed by atoms with Gasteiger partial charge in [0.1, 0.15) is 11.6 Å². The first kappa shape index (κ1) is 26.0. The van der Waals surface area contributed by atoms with E-state index in [9.17, 15) is 4.79 Å². The standard InChI is InChI=1S/C29H42N4OS/c1-16(2)22-13-19-12-20(22)11-18(19)10-17(3)23-14-21(15-31-26(23)30)24-8-9-25(35-7)27(32-24)33-28(34)29(4,5)6/h8-9,14-20,22H,10-13H2,1-7H3,(H2,30,31)(H,32,33,34)/t17?,18?,19-,20+,22?/m1/s1. The van der Waals surface area contributed by atoms with Gasteiger partial charge in [0.2, 0.25) is 5.91 Å². The van der Waals surface area contributed by atoms with Gasteiger partial charge in [0, 0.05) is 22.1 Å². The van der Waals surface area contributed by atoms with Crippen LogP contribution in [0, 0.1) is 35.0 Å². The highest BCUT2D eigenvalue weighted by Gasteiger charge is 2.46. The number of amides is 1. The van der Waals surface area contributed by atoms with Gasteiger partial charge in [-0.05, 0) is 91.2 Å². The first-order valence-corrected chi connectivity index (χ1v) is 14.3. The summed E-state index contributed by atoms with van der Waals surface area (Å²) in [6.07, 6.45) is 9.16. The minimum absolute atomic E-state index is 0.0484. The summed E-state index contributed by atoms with van der Waals surface area (Å²) in [5.41, 5.74) is 8.73. The SMILES string of the molecule is CSc1ccc(-c2cnc(N)c(C(C)CC3C[C@H]4C[C@@H]3CC4C(C)C)c2)nc1NC(=O)C(C)(C)C. The van der Waals surface area contributed by atoms with Gasteiger partial charge in [0.05, 0.1) is 5.69 Å². The Hall–Kier alpha value is -2.08. The first-order chi connectivity index (χ1) is 16.5. The van der Waals surface area contributed by atoms with Crippen LogP contribution in [0.1, 0.15) is 78.7 Å². The van der Waals surface area contributed by atoms with Crippen LogP contribution >= 0.6 is 11.8 Å². The first-order valence-electron chi connectivity index (χ1n) is 13.1. The van der Waals surface area contributed by atoms with E-state index in [1.54, 1.807) is 18.0 Å². The zero-order valence-electron chi connectivity index (χ0n) is 22.4. The van der Waals surface area contributed by atoms with Crippen molar-refractivity contribution in [1.82, 2.24) is 9.97 Å². The Morgan fingerprint density at radius 1 is 1.17 bits per heavy atom. The average molecular weight is 495 g/mol. The van der Waals surface area contributed by atoms with Crippen molar-refractivity contribution in [3.05, 3.63) is 30.0 Å². The van der Waals surface area contributed by atoms with Crippen LogP contribution in [0.2, 0.25) is 0 Å². The summed E-state index contributed by atoms with van der Waals surface area (Å²) >= 11 is 1.57. The fraction of sp³-hybridized carbons (Fsp3) is 0.621. The topological polar surface area (TPSA) is 80.9 Å². The van der Waals surface area contributed by atoms with E-state index in [0.717, 1.165) is 51.3 Å². The number of rotatable bonds is 7. The molecule has 0 aliphatic heterocycles. The Balaban J connectivity index is 1.53. The second-order valence-corrected chi connectivity index (χ2v) is 13.0. The van der Waals surface area contributed by atoms with Crippen molar-refractivity contribution in [2.45, 2.75) is 78.0 Å². The minimum atomic E-state index is -0.492. The van der Waals surface area contributed by atoms with E-state index in [1.807, 2.05) is 39.2 Å². The van der Waals surface area contributed by atoms with Gasteiger partial charge in [-0.1, -0.05) is 41.5 Å². The predicted octanol–water partition coefficient (Wildman–Crippen LogP) is 7.24. The van der Waals surface area contributed by atoms with Crippen LogP contribution in [0.15, 0.2) is 29.3 Å². The van der Waals surface area contributed by atoms with Gasteiger partial charge in [-0.3, -0.25) is 4.79 Å². The maximum Gasteiger partial charge on any atom is 0.230 e. The molecular formula is C29H42N4OS. The molecule has 2 bridgehead atoms. The molecule has 35 heavy (non-hydrogen) atoms. The summed E-state index contributed by atoms with van der Waals surface area (Å²) < 4.78 is 0. The van der Waals surface area contributed by atoms with E-state index in [-0.39, 0.29) is 5.91 Å². The molecule has 2 aliphatic rings. The van der Waals surface area contributed by atoms with Gasteiger partial charge < -0.3 is 11.1 Å². The molecule has 4 rings (SSSR count). The van der Waals surface area contributed by atoms with Crippen molar-refractivity contribution in [3.63, 3.8) is 0 Å². The maximum absolute atomic E-state index is 12.6. The molecule has 0 spiro atoms. The number of aromatic nitrogens is 2. The second kappa shape index (κ2) is 10.1. The lowest BCUT2D eigenvalue weighted by Gasteiger charge is -2.32. The van der Waals surface area contributed by atoms with Crippen LogP contribution in [0.5, 0.6) is 0 Å². The normalized spacial score (nSPS) is 24.7. The molecule has 0 saturated heterocycles. The highest BCUT2D eigenvalue weighted by atomic mass is 32.2. The summed E-state index contributed by atoms with van der Waals surface area (Å²) in [5, 5.41) is 3.02. The zero-order chi connectivity index (χ0) is 25.5. The fourth-order valence-electron chi connectivity index (χ4n) is 6.31. The number of nitrogens with zero attached hydrogens (tertiary/aromatic N) is 2. The number of carbonyl (C=O) groups is 1. The molecule has 190 valence electrons. The molecule has 3 unspecified atom stereocenters. The van der Waals surface area contributed by atoms with Gasteiger partial charge in [-0.25, -0.2) is 9.97 Å². The number of nitrogen functional groups attached to an aromatic ring is 1. The van der Waals surface area contributed by atoms with E-state index < -0.39 is 5.41 Å². The molecule has 5 atom stereocenters. The average Bonchev–Trinajstić information content (AvgIpc) is 3.39. The van der Waals surface area contributed by atoms with Crippen molar-refractivity contribution < 1.29 is 4.79 Å². The zero-order valence-corrected chi connectivity index (χ0v) is 23.2. The minimum Gasteiger partial charge on any atom is -0.383 e. The summed E-state index contributed by atoms with van der Waals surface area (Å²) in [6.45, 7) is 12.8. The van der Waals surface area contributed by atoms with Crippen molar-refractivity contribution in [1.29, 1.82) is 0 Å². The lowest BCUT2D eigenvalue weighted by molar-refractivity contribution is -0.123. The Kier molecular flexibility index (Phi) is 7.51. The molecule has 2 aliphatic carbocycles. The number of anilines is 2. The predicted molar refractivity (Wildman–Crippen MR) is 147 cm³/mol. The van der Waals surface area contributed by atoms with Crippen LogP contribution in [0.25, 0.3) is 11.3 Å². The van der Waals surface area contributed by atoms with Crippen molar-refractivity contribution >= 4 is 29.3 Å². The van der Waals surface area contributed by atoms with Gasteiger partial charge in [0.15, 0.2) is 0 Å². The lowest BCUT2D eigenvalue weighted by Crippen LogP contribution is -2.28. The molecule has 2 aromatic rings. The smallest absolute Gasteiger partial charge is 0.230 e. The van der Waals surface area contributed by atoms with E-state index >= 15 is 0 Å². The molecule has 5 nitrogen and oxygen atoms in total. The van der Waals surface area contributed by atoms with E-state index in [0.29, 0.717) is 17.6 Å². The fourth-order valence-corrected chi connectivity index (χ4v) is 6.80. The number of nitrogens with one attached hydrogen (secondary N) is 1. The Morgan fingerprint density at radius 3 is 2.51 bits per heavy atom. The van der Waals surface area contributed by atoms with Crippen molar-refractivity contribution in [2.24, 2.45) is 35.0 Å². The van der Waals surface area contributed by atoms with Gasteiger partial charge >= 0.3 is 0 Å². The quantitative estimate of drug-likeness (QED) is 0.396. The van der Waals surface area contributed by atoms with Gasteiger partial charge in [0.25, 0.3) is 0 Å².